The van der Waals surface area contributed by atoms with E-state index >= 15 is 0 Å². The molecular formula is C9H11N5O2. The van der Waals surface area contributed by atoms with Crippen molar-refractivity contribution in [1.29, 1.82) is 0 Å². The quantitative estimate of drug-likeness (QED) is 0.705. The number of anilines is 1. The maximum Gasteiger partial charge on any atom is 0.341 e. The maximum absolute atomic E-state index is 11.5. The Morgan fingerprint density at radius 1 is 1.56 bits per heavy atom. The van der Waals surface area contributed by atoms with Gasteiger partial charge >= 0.3 is 5.97 Å². The second-order valence-corrected chi connectivity index (χ2v) is 3.22. The molecule has 7 heteroatoms. The number of rotatable bonds is 2. The van der Waals surface area contributed by atoms with Crippen LogP contribution in [0.2, 0.25) is 0 Å². The van der Waals surface area contributed by atoms with Crippen LogP contribution in [0.25, 0.3) is 11.4 Å². The standard InChI is InChI=1S/C9H11N5O2/c1-14-8(7-6(10)4-11-13-7)5(3-12-14)9(15)16-2/h3-4H,10H2,1-2H3,(H,11,13). The number of hydrogen-bond acceptors (Lipinski definition) is 5. The fourth-order valence-corrected chi connectivity index (χ4v) is 1.48. The lowest BCUT2D eigenvalue weighted by Crippen LogP contribution is -2.05. The summed E-state index contributed by atoms with van der Waals surface area (Å²) in [5, 5.41) is 10.5. The van der Waals surface area contributed by atoms with Gasteiger partial charge in [0.25, 0.3) is 0 Å². The Kier molecular flexibility index (Phi) is 2.35. The molecule has 0 unspecified atom stereocenters. The Labute approximate surface area is 91.2 Å². The van der Waals surface area contributed by atoms with Crippen molar-refractivity contribution in [2.75, 3.05) is 12.8 Å². The van der Waals surface area contributed by atoms with Crippen molar-refractivity contribution in [2.45, 2.75) is 0 Å². The molecule has 84 valence electrons. The minimum atomic E-state index is -0.461. The summed E-state index contributed by atoms with van der Waals surface area (Å²) in [7, 11) is 3.03. The van der Waals surface area contributed by atoms with E-state index in [2.05, 4.69) is 20.0 Å². The van der Waals surface area contributed by atoms with Gasteiger partial charge in [-0.1, -0.05) is 0 Å². The summed E-state index contributed by atoms with van der Waals surface area (Å²) < 4.78 is 6.20. The lowest BCUT2D eigenvalue weighted by Gasteiger charge is -2.03. The second-order valence-electron chi connectivity index (χ2n) is 3.22. The molecule has 0 aliphatic rings. The van der Waals surface area contributed by atoms with Gasteiger partial charge in [0.15, 0.2) is 0 Å². The lowest BCUT2D eigenvalue weighted by molar-refractivity contribution is 0.0601. The van der Waals surface area contributed by atoms with Gasteiger partial charge in [-0.3, -0.25) is 9.78 Å². The molecule has 0 aliphatic carbocycles. The van der Waals surface area contributed by atoms with E-state index in [9.17, 15) is 4.79 Å². The number of H-pyrrole nitrogens is 1. The highest BCUT2D eigenvalue weighted by Gasteiger charge is 2.20. The topological polar surface area (TPSA) is 98.8 Å². The summed E-state index contributed by atoms with van der Waals surface area (Å²) in [5.74, 6) is -0.461. The van der Waals surface area contributed by atoms with Crippen LogP contribution < -0.4 is 5.73 Å². The van der Waals surface area contributed by atoms with E-state index in [1.807, 2.05) is 0 Å². The third-order valence-electron chi connectivity index (χ3n) is 2.25. The zero-order chi connectivity index (χ0) is 11.7. The van der Waals surface area contributed by atoms with Gasteiger partial charge in [-0.25, -0.2) is 4.79 Å². The Morgan fingerprint density at radius 3 is 2.88 bits per heavy atom. The molecular weight excluding hydrogens is 210 g/mol. The predicted octanol–water partition coefficient (Wildman–Crippen LogP) is 0.179. The van der Waals surface area contributed by atoms with Gasteiger partial charge in [-0.15, -0.1) is 0 Å². The smallest absolute Gasteiger partial charge is 0.341 e. The molecule has 0 saturated carbocycles. The van der Waals surface area contributed by atoms with Gasteiger partial charge in [-0.05, 0) is 0 Å². The first-order valence-corrected chi connectivity index (χ1v) is 4.54. The van der Waals surface area contributed by atoms with E-state index in [0.717, 1.165) is 0 Å². The molecule has 2 aromatic rings. The maximum atomic E-state index is 11.5. The molecule has 16 heavy (non-hydrogen) atoms. The van der Waals surface area contributed by atoms with Gasteiger partial charge in [0.05, 0.1) is 25.2 Å². The number of aromatic nitrogens is 4. The molecule has 0 bridgehead atoms. The molecule has 2 heterocycles. The van der Waals surface area contributed by atoms with E-state index in [1.54, 1.807) is 7.05 Å². The van der Waals surface area contributed by atoms with E-state index < -0.39 is 5.97 Å². The number of nitrogens with zero attached hydrogens (tertiary/aromatic N) is 3. The van der Waals surface area contributed by atoms with Gasteiger partial charge < -0.3 is 10.5 Å². The van der Waals surface area contributed by atoms with Crippen molar-refractivity contribution >= 4 is 11.7 Å². The van der Waals surface area contributed by atoms with Crippen LogP contribution in [0, 0.1) is 0 Å². The highest BCUT2D eigenvalue weighted by molar-refractivity contribution is 5.96. The third kappa shape index (κ3) is 1.42. The van der Waals surface area contributed by atoms with Crippen molar-refractivity contribution in [3.05, 3.63) is 18.0 Å². The number of nitrogens with one attached hydrogen (secondary N) is 1. The predicted molar refractivity (Wildman–Crippen MR) is 56.5 cm³/mol. The van der Waals surface area contributed by atoms with E-state index in [4.69, 9.17) is 5.73 Å². The molecule has 3 N–H and O–H groups in total. The van der Waals surface area contributed by atoms with Crippen LogP contribution in [0.3, 0.4) is 0 Å². The molecule has 0 atom stereocenters. The monoisotopic (exact) mass is 221 g/mol. The van der Waals surface area contributed by atoms with Crippen molar-refractivity contribution in [2.24, 2.45) is 7.05 Å². The van der Waals surface area contributed by atoms with Crippen LogP contribution in [0.4, 0.5) is 5.69 Å². The molecule has 2 aromatic heterocycles. The van der Waals surface area contributed by atoms with Gasteiger partial charge in [0, 0.05) is 7.05 Å². The van der Waals surface area contributed by atoms with E-state index in [-0.39, 0.29) is 0 Å². The van der Waals surface area contributed by atoms with Crippen molar-refractivity contribution in [3.8, 4) is 11.4 Å². The highest BCUT2D eigenvalue weighted by Crippen LogP contribution is 2.26. The van der Waals surface area contributed by atoms with Crippen molar-refractivity contribution in [1.82, 2.24) is 20.0 Å². The number of aromatic amines is 1. The number of ether oxygens (including phenoxy) is 1. The summed E-state index contributed by atoms with van der Waals surface area (Å²) in [6.45, 7) is 0. The zero-order valence-corrected chi connectivity index (χ0v) is 8.89. The molecule has 7 nitrogen and oxygen atoms in total. The summed E-state index contributed by atoms with van der Waals surface area (Å²) >= 11 is 0. The number of hydrogen-bond donors (Lipinski definition) is 2. The molecule has 0 saturated heterocycles. The Hall–Kier alpha value is -2.31. The first-order valence-electron chi connectivity index (χ1n) is 4.54. The largest absolute Gasteiger partial charge is 0.465 e. The Morgan fingerprint density at radius 2 is 2.31 bits per heavy atom. The van der Waals surface area contributed by atoms with Crippen molar-refractivity contribution in [3.63, 3.8) is 0 Å². The number of nitrogens with two attached hydrogens (primary N) is 1. The normalized spacial score (nSPS) is 10.4. The molecule has 0 aliphatic heterocycles. The number of aryl methyl sites for hydroxylation is 1. The van der Waals surface area contributed by atoms with Crippen molar-refractivity contribution < 1.29 is 9.53 Å². The summed E-state index contributed by atoms with van der Waals surface area (Å²) in [6, 6.07) is 0. The number of nitrogen functional groups attached to an aromatic ring is 1. The first kappa shape index (κ1) is 10.2. The van der Waals surface area contributed by atoms with E-state index in [0.29, 0.717) is 22.6 Å². The fraction of sp³-hybridized carbons (Fsp3) is 0.222. The second kappa shape index (κ2) is 3.69. The summed E-state index contributed by atoms with van der Waals surface area (Å²) in [4.78, 5) is 11.5. The molecule has 0 radical (unpaired) electrons. The van der Waals surface area contributed by atoms with Gasteiger partial charge in [0.2, 0.25) is 0 Å². The Bertz CT molecular complexity index is 528. The van der Waals surface area contributed by atoms with Crippen LogP contribution in [0.15, 0.2) is 12.4 Å². The van der Waals surface area contributed by atoms with E-state index in [1.165, 1.54) is 24.2 Å². The zero-order valence-electron chi connectivity index (χ0n) is 8.89. The molecule has 0 aromatic carbocycles. The summed E-state index contributed by atoms with van der Waals surface area (Å²) in [6.07, 6.45) is 2.91. The first-order chi connectivity index (χ1) is 7.65. The van der Waals surface area contributed by atoms with Crippen LogP contribution in [0.1, 0.15) is 10.4 Å². The number of carbonyl (C=O) groups excluding carboxylic acids is 1. The average molecular weight is 221 g/mol. The average Bonchev–Trinajstić information content (AvgIpc) is 2.83. The number of carbonyl (C=O) groups is 1. The highest BCUT2D eigenvalue weighted by atomic mass is 16.5. The van der Waals surface area contributed by atoms with Crippen LogP contribution in [-0.2, 0) is 11.8 Å². The molecule has 0 fully saturated rings. The number of methoxy groups -OCH3 is 1. The van der Waals surface area contributed by atoms with Crippen LogP contribution in [-0.4, -0.2) is 33.1 Å². The lowest BCUT2D eigenvalue weighted by atomic mass is 10.2. The molecule has 2 rings (SSSR count). The number of esters is 1. The minimum Gasteiger partial charge on any atom is -0.465 e. The minimum absolute atomic E-state index is 0.348. The summed E-state index contributed by atoms with van der Waals surface area (Å²) in [5.41, 5.74) is 7.64. The van der Waals surface area contributed by atoms with Gasteiger partial charge in [-0.2, -0.15) is 10.2 Å². The molecule has 0 spiro atoms. The Balaban J connectivity index is 2.60. The van der Waals surface area contributed by atoms with Crippen LogP contribution >= 0.6 is 0 Å². The molecule has 0 amide bonds. The third-order valence-corrected chi connectivity index (χ3v) is 2.25. The van der Waals surface area contributed by atoms with Crippen LogP contribution in [0.5, 0.6) is 0 Å². The SMILES string of the molecule is COC(=O)c1cnn(C)c1-c1[nH]ncc1N. The fourth-order valence-electron chi connectivity index (χ4n) is 1.48. The van der Waals surface area contributed by atoms with Gasteiger partial charge in [0.1, 0.15) is 17.0 Å².